The van der Waals surface area contributed by atoms with Gasteiger partial charge in [0.25, 0.3) is 0 Å². The van der Waals surface area contributed by atoms with E-state index in [0.29, 0.717) is 5.41 Å². The molecular formula is C11H21N. The molecule has 0 saturated heterocycles. The van der Waals surface area contributed by atoms with E-state index in [0.717, 1.165) is 0 Å². The van der Waals surface area contributed by atoms with Crippen molar-refractivity contribution in [2.45, 2.75) is 33.6 Å². The lowest BCUT2D eigenvalue weighted by Crippen LogP contribution is -2.33. The first-order valence-corrected chi connectivity index (χ1v) is 4.95. The lowest BCUT2D eigenvalue weighted by atomic mass is 9.96. The van der Waals surface area contributed by atoms with Gasteiger partial charge in [0.2, 0.25) is 0 Å². The zero-order valence-electron chi connectivity index (χ0n) is 8.64. The van der Waals surface area contributed by atoms with E-state index in [2.05, 4.69) is 37.8 Å². The van der Waals surface area contributed by atoms with E-state index < -0.39 is 0 Å². The van der Waals surface area contributed by atoms with Crippen molar-refractivity contribution in [3.05, 3.63) is 12.2 Å². The predicted octanol–water partition coefficient (Wildman–Crippen LogP) is 2.68. The molecule has 1 heteroatoms. The summed E-state index contributed by atoms with van der Waals surface area (Å²) in [6, 6.07) is 0. The Hall–Kier alpha value is -0.300. The van der Waals surface area contributed by atoms with Crippen LogP contribution in [-0.2, 0) is 0 Å². The lowest BCUT2D eigenvalue weighted by Gasteiger charge is -2.28. The molecule has 0 fully saturated rings. The molecule has 0 aromatic carbocycles. The minimum Gasteiger partial charge on any atom is -0.302 e. The van der Waals surface area contributed by atoms with Crippen molar-refractivity contribution in [1.82, 2.24) is 4.90 Å². The van der Waals surface area contributed by atoms with E-state index in [1.807, 2.05) is 0 Å². The van der Waals surface area contributed by atoms with Gasteiger partial charge in [0, 0.05) is 19.6 Å². The summed E-state index contributed by atoms with van der Waals surface area (Å²) in [6.07, 6.45) is 7.08. The minimum atomic E-state index is 0.449. The lowest BCUT2D eigenvalue weighted by molar-refractivity contribution is 0.199. The highest BCUT2D eigenvalue weighted by atomic mass is 15.1. The molecule has 0 saturated carbocycles. The SMILES string of the molecule is CC(C)(C)CN1CCC=CCC1. The first-order valence-electron chi connectivity index (χ1n) is 4.95. The second-order valence-electron chi connectivity index (χ2n) is 4.89. The Morgan fingerprint density at radius 1 is 1.08 bits per heavy atom. The summed E-state index contributed by atoms with van der Waals surface area (Å²) >= 11 is 0. The number of hydrogen-bond acceptors (Lipinski definition) is 1. The molecule has 0 amide bonds. The van der Waals surface area contributed by atoms with Crippen molar-refractivity contribution in [3.63, 3.8) is 0 Å². The van der Waals surface area contributed by atoms with Gasteiger partial charge in [-0.3, -0.25) is 0 Å². The third kappa shape index (κ3) is 3.91. The summed E-state index contributed by atoms with van der Waals surface area (Å²) in [4.78, 5) is 2.57. The first kappa shape index (κ1) is 9.79. The van der Waals surface area contributed by atoms with Crippen LogP contribution in [-0.4, -0.2) is 24.5 Å². The van der Waals surface area contributed by atoms with Crippen LogP contribution in [0.25, 0.3) is 0 Å². The largest absolute Gasteiger partial charge is 0.302 e. The summed E-state index contributed by atoms with van der Waals surface area (Å²) in [7, 11) is 0. The van der Waals surface area contributed by atoms with Crippen molar-refractivity contribution in [2.75, 3.05) is 19.6 Å². The van der Waals surface area contributed by atoms with Crippen LogP contribution in [0.2, 0.25) is 0 Å². The van der Waals surface area contributed by atoms with E-state index >= 15 is 0 Å². The van der Waals surface area contributed by atoms with Crippen LogP contribution in [0.3, 0.4) is 0 Å². The summed E-state index contributed by atoms with van der Waals surface area (Å²) in [5.41, 5.74) is 0.449. The topological polar surface area (TPSA) is 3.24 Å². The van der Waals surface area contributed by atoms with Gasteiger partial charge in [0.1, 0.15) is 0 Å². The fourth-order valence-electron chi connectivity index (χ4n) is 1.69. The van der Waals surface area contributed by atoms with Gasteiger partial charge >= 0.3 is 0 Å². The second kappa shape index (κ2) is 4.08. The van der Waals surface area contributed by atoms with Crippen molar-refractivity contribution in [2.24, 2.45) is 5.41 Å². The van der Waals surface area contributed by atoms with E-state index in [1.54, 1.807) is 0 Å². The predicted molar refractivity (Wildman–Crippen MR) is 54.3 cm³/mol. The highest BCUT2D eigenvalue weighted by molar-refractivity contribution is 4.87. The summed E-state index contributed by atoms with van der Waals surface area (Å²) in [5, 5.41) is 0. The van der Waals surface area contributed by atoms with Crippen LogP contribution < -0.4 is 0 Å². The van der Waals surface area contributed by atoms with Crippen LogP contribution in [0.4, 0.5) is 0 Å². The third-order valence-corrected chi connectivity index (χ3v) is 2.09. The monoisotopic (exact) mass is 167 g/mol. The quantitative estimate of drug-likeness (QED) is 0.543. The second-order valence-corrected chi connectivity index (χ2v) is 4.89. The van der Waals surface area contributed by atoms with Gasteiger partial charge in [-0.05, 0) is 18.3 Å². The maximum atomic E-state index is 2.57. The molecule has 0 atom stereocenters. The van der Waals surface area contributed by atoms with Crippen LogP contribution in [0.1, 0.15) is 33.6 Å². The fraction of sp³-hybridized carbons (Fsp3) is 0.818. The maximum absolute atomic E-state index is 2.57. The summed E-state index contributed by atoms with van der Waals surface area (Å²) in [6.45, 7) is 10.7. The van der Waals surface area contributed by atoms with Crippen LogP contribution in [0.5, 0.6) is 0 Å². The highest BCUT2D eigenvalue weighted by Crippen LogP contribution is 2.16. The van der Waals surface area contributed by atoms with Crippen molar-refractivity contribution in [1.29, 1.82) is 0 Å². The molecule has 0 aliphatic carbocycles. The average molecular weight is 167 g/mol. The molecule has 0 aromatic heterocycles. The zero-order valence-corrected chi connectivity index (χ0v) is 8.64. The van der Waals surface area contributed by atoms with E-state index in [9.17, 15) is 0 Å². The Labute approximate surface area is 76.5 Å². The summed E-state index contributed by atoms with van der Waals surface area (Å²) in [5.74, 6) is 0. The molecular weight excluding hydrogens is 146 g/mol. The molecule has 0 bridgehead atoms. The van der Waals surface area contributed by atoms with Crippen molar-refractivity contribution < 1.29 is 0 Å². The summed E-state index contributed by atoms with van der Waals surface area (Å²) < 4.78 is 0. The van der Waals surface area contributed by atoms with Crippen molar-refractivity contribution in [3.8, 4) is 0 Å². The van der Waals surface area contributed by atoms with Crippen LogP contribution in [0, 0.1) is 5.41 Å². The number of rotatable bonds is 1. The minimum absolute atomic E-state index is 0.449. The van der Waals surface area contributed by atoms with Gasteiger partial charge in [0.05, 0.1) is 0 Å². The van der Waals surface area contributed by atoms with E-state index in [-0.39, 0.29) is 0 Å². The van der Waals surface area contributed by atoms with Gasteiger partial charge in [-0.25, -0.2) is 0 Å². The van der Waals surface area contributed by atoms with E-state index in [4.69, 9.17) is 0 Å². The molecule has 1 rings (SSSR count). The smallest absolute Gasteiger partial charge is 0.00303 e. The average Bonchev–Trinajstić information content (AvgIpc) is 2.12. The first-order chi connectivity index (χ1) is 5.58. The fourth-order valence-corrected chi connectivity index (χ4v) is 1.69. The van der Waals surface area contributed by atoms with Gasteiger partial charge in [-0.15, -0.1) is 0 Å². The van der Waals surface area contributed by atoms with Crippen LogP contribution in [0.15, 0.2) is 12.2 Å². The zero-order chi connectivity index (χ0) is 9.03. The normalized spacial score (nSPS) is 20.9. The van der Waals surface area contributed by atoms with Gasteiger partial charge in [-0.1, -0.05) is 32.9 Å². The number of hydrogen-bond donors (Lipinski definition) is 0. The Kier molecular flexibility index (Phi) is 3.33. The Balaban J connectivity index is 2.33. The molecule has 12 heavy (non-hydrogen) atoms. The molecule has 0 radical (unpaired) electrons. The Morgan fingerprint density at radius 2 is 1.58 bits per heavy atom. The Morgan fingerprint density at radius 3 is 2.00 bits per heavy atom. The van der Waals surface area contributed by atoms with E-state index in [1.165, 1.54) is 32.5 Å². The third-order valence-electron chi connectivity index (χ3n) is 2.09. The molecule has 1 heterocycles. The number of nitrogens with zero attached hydrogens (tertiary/aromatic N) is 1. The van der Waals surface area contributed by atoms with Crippen molar-refractivity contribution >= 4 is 0 Å². The molecule has 0 spiro atoms. The molecule has 1 aliphatic heterocycles. The molecule has 1 nitrogen and oxygen atoms in total. The van der Waals surface area contributed by atoms with Crippen LogP contribution >= 0.6 is 0 Å². The molecule has 0 unspecified atom stereocenters. The van der Waals surface area contributed by atoms with Gasteiger partial charge < -0.3 is 4.90 Å². The molecule has 1 aliphatic rings. The molecule has 0 aromatic rings. The molecule has 70 valence electrons. The standard InChI is InChI=1S/C11H21N/c1-11(2,3)10-12-8-6-4-5-7-9-12/h4-5H,6-10H2,1-3H3. The molecule has 0 N–H and O–H groups in total. The Bertz CT molecular complexity index is 143. The van der Waals surface area contributed by atoms with Gasteiger partial charge in [0.15, 0.2) is 0 Å². The maximum Gasteiger partial charge on any atom is 0.00303 e. The van der Waals surface area contributed by atoms with Gasteiger partial charge in [-0.2, -0.15) is 0 Å². The highest BCUT2D eigenvalue weighted by Gasteiger charge is 2.15.